The van der Waals surface area contributed by atoms with Gasteiger partial charge in [-0.05, 0) is 39.7 Å². The Kier molecular flexibility index (Phi) is 7.49. The van der Waals surface area contributed by atoms with Crippen LogP contribution in [-0.4, -0.2) is 77.7 Å². The first-order valence-electron chi connectivity index (χ1n) is 12.6. The maximum Gasteiger partial charge on any atom is 0.510 e. The van der Waals surface area contributed by atoms with Crippen molar-refractivity contribution in [3.8, 4) is 0 Å². The van der Waals surface area contributed by atoms with E-state index in [1.807, 2.05) is 42.5 Å². The highest BCUT2D eigenvalue weighted by molar-refractivity contribution is 6.11. The number of aromatic nitrogens is 1. The Morgan fingerprint density at radius 1 is 1.19 bits per heavy atom. The number of carbonyl (C=O) groups excluding carboxylic acids is 3. The van der Waals surface area contributed by atoms with Crippen molar-refractivity contribution in [2.24, 2.45) is 13.0 Å². The van der Waals surface area contributed by atoms with Crippen LogP contribution in [0.5, 0.6) is 0 Å². The minimum atomic E-state index is -0.813. The number of carbonyl (C=O) groups is 3. The summed E-state index contributed by atoms with van der Waals surface area (Å²) in [6.07, 6.45) is 4.22. The Bertz CT molecular complexity index is 1210. The predicted octanol–water partition coefficient (Wildman–Crippen LogP) is 3.75. The highest BCUT2D eigenvalue weighted by atomic mass is 16.7. The molecule has 10 nitrogen and oxygen atoms in total. The predicted molar refractivity (Wildman–Crippen MR) is 137 cm³/mol. The topological polar surface area (TPSA) is 99.1 Å². The maximum absolute atomic E-state index is 13.5. The molecule has 4 rings (SSSR count). The molecule has 2 heterocycles. The number of hydrogen-bond donors (Lipinski definition) is 1. The number of ketones is 1. The Hall–Kier alpha value is -3.53. The lowest BCUT2D eigenvalue weighted by Crippen LogP contribution is -2.47. The molecule has 2 aromatic rings. The summed E-state index contributed by atoms with van der Waals surface area (Å²) in [6.45, 7) is 6.70. The number of Topliss-reactive ketones (excluding diaryl/α,β-unsaturated/α-hetero) is 1. The van der Waals surface area contributed by atoms with E-state index in [0.717, 1.165) is 35.0 Å². The van der Waals surface area contributed by atoms with Crippen molar-refractivity contribution in [2.75, 3.05) is 40.1 Å². The molecule has 1 aliphatic carbocycles. The minimum absolute atomic E-state index is 0.0261. The Labute approximate surface area is 217 Å². The number of alkyl carbamates (subject to hydrolysis) is 1. The fraction of sp³-hybridized carbons (Fsp3) is 0.519. The molecule has 1 aromatic carbocycles. The largest absolute Gasteiger partial charge is 0.510 e. The number of aryl methyl sites for hydroxylation is 1. The van der Waals surface area contributed by atoms with Gasteiger partial charge in [0.1, 0.15) is 18.4 Å². The molecule has 37 heavy (non-hydrogen) atoms. The average Bonchev–Trinajstić information content (AvgIpc) is 3.34. The molecule has 1 N–H and O–H groups in total. The molecule has 2 unspecified atom stereocenters. The molecule has 0 fully saturated rings. The van der Waals surface area contributed by atoms with E-state index in [-0.39, 0.29) is 31.6 Å². The molecule has 2 atom stereocenters. The lowest BCUT2D eigenvalue weighted by molar-refractivity contribution is -0.864. The van der Waals surface area contributed by atoms with Gasteiger partial charge in [-0.15, -0.1) is 0 Å². The standard InChI is InChI=1S/C27H36N4O6/c1-27(2,3)37-25(33)28-12-15-35-26(34)36-18-30-13-14-31(5,17-30)16-19-10-11-22-23(24(19)32)20-8-6-7-9-21(20)29(22)4/h6-9,13-14,19H,10-12,15-18H2,1-5H3/p+1. The zero-order chi connectivity index (χ0) is 26.8. The number of para-hydroxylation sites is 1. The smallest absolute Gasteiger partial charge is 0.444 e. The second-order valence-corrected chi connectivity index (χ2v) is 11.0. The van der Waals surface area contributed by atoms with Crippen molar-refractivity contribution >= 4 is 28.9 Å². The first kappa shape index (κ1) is 26.5. The summed E-state index contributed by atoms with van der Waals surface area (Å²) >= 11 is 0. The number of quaternary nitrogens is 1. The molecule has 200 valence electrons. The normalized spacial score (nSPS) is 21.2. The number of nitrogens with zero attached hydrogens (tertiary/aromatic N) is 3. The molecule has 0 radical (unpaired) electrons. The monoisotopic (exact) mass is 513 g/mol. The van der Waals surface area contributed by atoms with E-state index in [1.54, 1.807) is 20.8 Å². The first-order valence-corrected chi connectivity index (χ1v) is 12.6. The van der Waals surface area contributed by atoms with Crippen LogP contribution in [0, 0.1) is 5.92 Å². The number of amides is 1. The Balaban J connectivity index is 1.22. The van der Waals surface area contributed by atoms with Gasteiger partial charge in [-0.2, -0.15) is 0 Å². The zero-order valence-corrected chi connectivity index (χ0v) is 22.3. The lowest BCUT2D eigenvalue weighted by atomic mass is 9.84. The van der Waals surface area contributed by atoms with Crippen LogP contribution < -0.4 is 5.32 Å². The lowest BCUT2D eigenvalue weighted by Gasteiger charge is -2.33. The summed E-state index contributed by atoms with van der Waals surface area (Å²) in [7, 11) is 4.11. The van der Waals surface area contributed by atoms with E-state index in [9.17, 15) is 14.4 Å². The SMILES string of the molecule is Cn1c2c(c3ccccc31)C(=O)C(C[N+]1(C)C=CN(COC(=O)OCCNC(=O)OC(C)(C)C)C1)CC2. The van der Waals surface area contributed by atoms with Gasteiger partial charge in [0.2, 0.25) is 0 Å². The second kappa shape index (κ2) is 10.5. The van der Waals surface area contributed by atoms with Gasteiger partial charge in [-0.3, -0.25) is 14.2 Å². The van der Waals surface area contributed by atoms with Gasteiger partial charge >= 0.3 is 12.2 Å². The summed E-state index contributed by atoms with van der Waals surface area (Å²) in [5.74, 6) is 0.139. The van der Waals surface area contributed by atoms with Crippen molar-refractivity contribution < 1.29 is 33.1 Å². The third kappa shape index (κ3) is 6.25. The van der Waals surface area contributed by atoms with Crippen LogP contribution in [0.3, 0.4) is 0 Å². The van der Waals surface area contributed by atoms with E-state index >= 15 is 0 Å². The number of benzene rings is 1. The zero-order valence-electron chi connectivity index (χ0n) is 22.3. The molecule has 0 saturated carbocycles. The van der Waals surface area contributed by atoms with Crippen LogP contribution in [0.2, 0.25) is 0 Å². The van der Waals surface area contributed by atoms with E-state index < -0.39 is 17.8 Å². The third-order valence-electron chi connectivity index (χ3n) is 6.69. The molecule has 1 aromatic heterocycles. The molecular formula is C27H37N4O6+. The van der Waals surface area contributed by atoms with E-state index in [0.29, 0.717) is 17.7 Å². The van der Waals surface area contributed by atoms with Crippen molar-refractivity contribution in [1.29, 1.82) is 0 Å². The summed E-state index contributed by atoms with van der Waals surface area (Å²) in [5, 5.41) is 3.55. The number of rotatable bonds is 7. The molecule has 10 heteroatoms. The quantitative estimate of drug-likeness (QED) is 0.342. The number of fused-ring (bicyclic) bond motifs is 3. The molecule has 1 aliphatic heterocycles. The van der Waals surface area contributed by atoms with E-state index in [2.05, 4.69) is 23.0 Å². The van der Waals surface area contributed by atoms with Gasteiger partial charge in [0.25, 0.3) is 0 Å². The summed E-state index contributed by atoms with van der Waals surface area (Å²) in [6, 6.07) is 8.08. The van der Waals surface area contributed by atoms with Gasteiger partial charge in [-0.25, -0.2) is 9.59 Å². The van der Waals surface area contributed by atoms with Gasteiger partial charge in [0.15, 0.2) is 19.2 Å². The van der Waals surface area contributed by atoms with Crippen molar-refractivity contribution in [3.05, 3.63) is 47.9 Å². The number of hydrogen-bond acceptors (Lipinski definition) is 7. The second-order valence-electron chi connectivity index (χ2n) is 11.0. The summed E-state index contributed by atoms with van der Waals surface area (Å²) < 4.78 is 18.0. The average molecular weight is 514 g/mol. The molecule has 0 spiro atoms. The highest BCUT2D eigenvalue weighted by Crippen LogP contribution is 2.35. The van der Waals surface area contributed by atoms with Crippen LogP contribution in [0.4, 0.5) is 9.59 Å². The number of ether oxygens (including phenoxy) is 3. The molecule has 2 aliphatic rings. The van der Waals surface area contributed by atoms with Gasteiger partial charge in [-0.1, -0.05) is 18.2 Å². The van der Waals surface area contributed by atoms with Crippen molar-refractivity contribution in [2.45, 2.75) is 39.2 Å². The Morgan fingerprint density at radius 3 is 2.70 bits per heavy atom. The van der Waals surface area contributed by atoms with Crippen molar-refractivity contribution in [1.82, 2.24) is 14.8 Å². The van der Waals surface area contributed by atoms with Crippen LogP contribution in [0.1, 0.15) is 43.2 Å². The van der Waals surface area contributed by atoms with Crippen LogP contribution in [0.15, 0.2) is 36.7 Å². The van der Waals surface area contributed by atoms with E-state index in [1.165, 1.54) is 0 Å². The Morgan fingerprint density at radius 2 is 1.95 bits per heavy atom. The summed E-state index contributed by atoms with van der Waals surface area (Å²) in [5.41, 5.74) is 2.49. The molecule has 0 saturated heterocycles. The minimum Gasteiger partial charge on any atom is -0.444 e. The fourth-order valence-corrected chi connectivity index (χ4v) is 5.08. The van der Waals surface area contributed by atoms with Gasteiger partial charge in [0.05, 0.1) is 32.3 Å². The highest BCUT2D eigenvalue weighted by Gasteiger charge is 2.38. The van der Waals surface area contributed by atoms with Crippen LogP contribution in [0.25, 0.3) is 10.9 Å². The van der Waals surface area contributed by atoms with Gasteiger partial charge < -0.3 is 24.1 Å². The number of nitrogens with one attached hydrogen (secondary N) is 1. The first-order chi connectivity index (χ1) is 17.5. The van der Waals surface area contributed by atoms with Crippen LogP contribution >= 0.6 is 0 Å². The van der Waals surface area contributed by atoms with Crippen molar-refractivity contribution in [3.63, 3.8) is 0 Å². The summed E-state index contributed by atoms with van der Waals surface area (Å²) in [4.78, 5) is 38.9. The molecular weight excluding hydrogens is 476 g/mol. The maximum atomic E-state index is 13.5. The fourth-order valence-electron chi connectivity index (χ4n) is 5.08. The molecule has 1 amide bonds. The molecule has 0 bridgehead atoms. The third-order valence-corrected chi connectivity index (χ3v) is 6.69. The van der Waals surface area contributed by atoms with Gasteiger partial charge in [0, 0.05) is 29.2 Å². The van der Waals surface area contributed by atoms with E-state index in [4.69, 9.17) is 14.2 Å². The van der Waals surface area contributed by atoms with Crippen LogP contribution in [-0.2, 0) is 27.7 Å².